The first-order valence-electron chi connectivity index (χ1n) is 8.23. The van der Waals surface area contributed by atoms with E-state index < -0.39 is 5.97 Å². The third kappa shape index (κ3) is 3.17. The Balaban J connectivity index is 0.00000180. The molecule has 1 aromatic heterocycles. The fourth-order valence-corrected chi connectivity index (χ4v) is 5.46. The number of carbonyl (C=O) groups is 2. The van der Waals surface area contributed by atoms with Gasteiger partial charge in [0, 0.05) is 12.3 Å². The van der Waals surface area contributed by atoms with E-state index in [0.717, 1.165) is 48.5 Å². The summed E-state index contributed by atoms with van der Waals surface area (Å²) in [6, 6.07) is 1.99. The van der Waals surface area contributed by atoms with Gasteiger partial charge in [0.05, 0.1) is 48.3 Å². The zero-order chi connectivity index (χ0) is 17.8. The maximum atomic E-state index is 12.3. The molecule has 1 aromatic rings. The van der Waals surface area contributed by atoms with Gasteiger partial charge in [0.1, 0.15) is 5.37 Å². The fourth-order valence-electron chi connectivity index (χ4n) is 3.46. The van der Waals surface area contributed by atoms with Crippen molar-refractivity contribution in [1.82, 2.24) is 19.6 Å². The van der Waals surface area contributed by atoms with Gasteiger partial charge in [0.2, 0.25) is 0 Å². The van der Waals surface area contributed by atoms with Crippen LogP contribution in [0.15, 0.2) is 27.7 Å². The van der Waals surface area contributed by atoms with Crippen LogP contribution in [0.4, 0.5) is 0 Å². The van der Waals surface area contributed by atoms with Gasteiger partial charge >= 0.3 is 29.6 Å². The van der Waals surface area contributed by atoms with E-state index in [1.165, 1.54) is 22.1 Å². The molecule has 11 heteroatoms. The second-order valence-electron chi connectivity index (χ2n) is 6.27. The summed E-state index contributed by atoms with van der Waals surface area (Å²) >= 11 is 3.09. The first-order valence-corrected chi connectivity index (χ1v) is 10.2. The maximum Gasteiger partial charge on any atom is 1.00 e. The monoisotopic (exact) mass is 411 g/mol. The number of amides is 1. The number of fused-ring (bicyclic) bond motifs is 2. The molecular weight excluding hydrogens is 397 g/mol. The van der Waals surface area contributed by atoms with Gasteiger partial charge in [0.15, 0.2) is 5.17 Å². The molecule has 5 rings (SSSR count). The summed E-state index contributed by atoms with van der Waals surface area (Å²) < 4.78 is 1.97. The molecule has 0 spiro atoms. The van der Waals surface area contributed by atoms with Crippen LogP contribution in [0.25, 0.3) is 6.08 Å². The normalized spacial score (nSPS) is 24.8. The predicted octanol–water partition coefficient (Wildman–Crippen LogP) is -3.30. The second-order valence-corrected chi connectivity index (χ2v) is 8.29. The Hall–Kier alpha value is -1.20. The van der Waals surface area contributed by atoms with Crippen LogP contribution in [-0.4, -0.2) is 60.8 Å². The molecule has 1 atom stereocenters. The van der Waals surface area contributed by atoms with E-state index in [1.54, 1.807) is 17.8 Å². The van der Waals surface area contributed by atoms with Crippen molar-refractivity contribution in [2.24, 2.45) is 4.99 Å². The Bertz CT molecular complexity index is 925. The average molecular weight is 411 g/mol. The van der Waals surface area contributed by atoms with Crippen LogP contribution in [-0.2, 0) is 22.7 Å². The number of hydrogen-bond acceptors (Lipinski definition) is 8. The van der Waals surface area contributed by atoms with Crippen LogP contribution in [0, 0.1) is 0 Å². The van der Waals surface area contributed by atoms with Gasteiger partial charge in [-0.05, 0) is 17.6 Å². The van der Waals surface area contributed by atoms with Gasteiger partial charge in [-0.25, -0.2) is 0 Å². The molecule has 4 aliphatic rings. The maximum absolute atomic E-state index is 12.3. The van der Waals surface area contributed by atoms with Gasteiger partial charge in [-0.1, -0.05) is 11.8 Å². The smallest absolute Gasteiger partial charge is 0.543 e. The molecule has 27 heavy (non-hydrogen) atoms. The molecular formula is C16H14N5NaO3S2. The number of carbonyl (C=O) groups excluding carboxylic acids is 2. The summed E-state index contributed by atoms with van der Waals surface area (Å²) in [6.45, 7) is 3.30. The van der Waals surface area contributed by atoms with Crippen LogP contribution in [0.3, 0.4) is 0 Å². The molecule has 1 saturated heterocycles. The third-order valence-electron chi connectivity index (χ3n) is 4.70. The van der Waals surface area contributed by atoms with Crippen LogP contribution in [0.2, 0.25) is 0 Å². The number of β-lactam (4-membered cyclic amide) rings is 1. The molecule has 134 valence electrons. The molecule has 4 aliphatic heterocycles. The molecule has 1 unspecified atom stereocenters. The molecule has 0 N–H and O–H groups in total. The summed E-state index contributed by atoms with van der Waals surface area (Å²) in [5, 5.41) is 17.9. The number of aliphatic imine (C=N–C) groups is 1. The Morgan fingerprint density at radius 3 is 2.96 bits per heavy atom. The molecule has 1 amide bonds. The van der Waals surface area contributed by atoms with Gasteiger partial charge in [-0.2, -0.15) is 5.10 Å². The minimum absolute atomic E-state index is 0. The van der Waals surface area contributed by atoms with E-state index in [0.29, 0.717) is 5.57 Å². The fraction of sp³-hybridized carbons (Fsp3) is 0.375. The van der Waals surface area contributed by atoms with Crippen molar-refractivity contribution in [3.8, 4) is 0 Å². The molecule has 5 heterocycles. The van der Waals surface area contributed by atoms with Gasteiger partial charge in [-0.3, -0.25) is 19.4 Å². The molecule has 0 saturated carbocycles. The first-order chi connectivity index (χ1) is 12.6. The Morgan fingerprint density at radius 2 is 2.22 bits per heavy atom. The van der Waals surface area contributed by atoms with Gasteiger partial charge in [0.25, 0.3) is 5.91 Å². The summed E-state index contributed by atoms with van der Waals surface area (Å²) in [6.07, 6.45) is 1.76. The van der Waals surface area contributed by atoms with Gasteiger partial charge in [-0.15, -0.1) is 11.8 Å². The van der Waals surface area contributed by atoms with Crippen LogP contribution in [0.5, 0.6) is 0 Å². The minimum Gasteiger partial charge on any atom is -0.543 e. The number of carboxylic acids is 1. The van der Waals surface area contributed by atoms with Gasteiger partial charge < -0.3 is 14.8 Å². The number of hydrogen-bond donors (Lipinski definition) is 0. The van der Waals surface area contributed by atoms with Crippen molar-refractivity contribution >= 4 is 46.6 Å². The van der Waals surface area contributed by atoms with Crippen molar-refractivity contribution in [3.05, 3.63) is 34.1 Å². The SMILES string of the molecule is O=C([O-])C1=CSC2/C(=C\c3cc4n(n3)CCN(C3=NCCS3)C4)C(=O)N12.[Na+]. The largest absolute Gasteiger partial charge is 1.00 e. The first kappa shape index (κ1) is 19.1. The topological polar surface area (TPSA) is 93.9 Å². The molecule has 0 aromatic carbocycles. The van der Waals surface area contributed by atoms with Crippen LogP contribution in [0.1, 0.15) is 11.4 Å². The zero-order valence-electron chi connectivity index (χ0n) is 14.6. The number of carboxylic acid groups (broad SMARTS) is 1. The van der Waals surface area contributed by atoms with E-state index >= 15 is 0 Å². The van der Waals surface area contributed by atoms with Crippen molar-refractivity contribution in [2.45, 2.75) is 18.5 Å². The Labute approximate surface area is 186 Å². The van der Waals surface area contributed by atoms with Crippen molar-refractivity contribution in [2.75, 3.05) is 18.8 Å². The quantitative estimate of drug-likeness (QED) is 0.286. The molecule has 0 radical (unpaired) electrons. The van der Waals surface area contributed by atoms with E-state index in [1.807, 2.05) is 10.7 Å². The Kier molecular flexibility index (Phi) is 5.19. The third-order valence-corrected chi connectivity index (χ3v) is 6.82. The van der Waals surface area contributed by atoms with E-state index in [2.05, 4.69) is 15.0 Å². The number of thioether (sulfide) groups is 2. The summed E-state index contributed by atoms with van der Waals surface area (Å²) in [4.78, 5) is 31.4. The van der Waals surface area contributed by atoms with Crippen LogP contribution >= 0.6 is 23.5 Å². The van der Waals surface area contributed by atoms with E-state index in [-0.39, 0.29) is 46.5 Å². The van der Waals surface area contributed by atoms with E-state index in [4.69, 9.17) is 0 Å². The van der Waals surface area contributed by atoms with Crippen molar-refractivity contribution in [1.29, 1.82) is 0 Å². The molecule has 0 aliphatic carbocycles. The summed E-state index contributed by atoms with van der Waals surface area (Å²) in [7, 11) is 0. The summed E-state index contributed by atoms with van der Waals surface area (Å²) in [5.41, 5.74) is 2.34. The molecule has 0 bridgehead atoms. The molecule has 1 fully saturated rings. The number of aliphatic carboxylic acids is 1. The predicted molar refractivity (Wildman–Crippen MR) is 96.7 cm³/mol. The number of amidine groups is 1. The summed E-state index contributed by atoms with van der Waals surface area (Å²) in [5.74, 6) is -0.570. The second kappa shape index (κ2) is 7.32. The van der Waals surface area contributed by atoms with E-state index in [9.17, 15) is 14.7 Å². The minimum atomic E-state index is -1.32. The number of aromatic nitrogens is 2. The van der Waals surface area contributed by atoms with Crippen LogP contribution < -0.4 is 34.7 Å². The number of rotatable bonds is 2. The Morgan fingerprint density at radius 1 is 1.37 bits per heavy atom. The molecule has 8 nitrogen and oxygen atoms in total. The van der Waals surface area contributed by atoms with Crippen molar-refractivity contribution in [3.63, 3.8) is 0 Å². The van der Waals surface area contributed by atoms with Crippen molar-refractivity contribution < 1.29 is 44.3 Å². The number of nitrogens with zero attached hydrogens (tertiary/aromatic N) is 5. The average Bonchev–Trinajstić information content (AvgIpc) is 3.35. The zero-order valence-corrected chi connectivity index (χ0v) is 18.3. The standard InChI is InChI=1S/C16H15N5O3S2.Na/c22-13-11(14-21(13)12(8-26-14)15(23)24)6-9-5-10-7-19(2-3-20(10)18-9)16-17-1-4-25-16;/h5-6,8,14H,1-4,7H2,(H,23,24);/q;+1/p-1/b11-6-;.